The SMILES string of the molecule is CC(C)CNC(=O)CNC(C)C1(C)CC1. The second kappa shape index (κ2) is 4.97. The summed E-state index contributed by atoms with van der Waals surface area (Å²) in [5.41, 5.74) is 0.443. The summed E-state index contributed by atoms with van der Waals surface area (Å²) in [7, 11) is 0. The first-order chi connectivity index (χ1) is 6.94. The molecule has 0 radical (unpaired) electrons. The third kappa shape index (κ3) is 4.20. The van der Waals surface area contributed by atoms with Crippen molar-refractivity contribution in [1.29, 1.82) is 0 Å². The molecule has 0 aromatic heterocycles. The number of amides is 1. The van der Waals surface area contributed by atoms with E-state index in [2.05, 4.69) is 38.3 Å². The van der Waals surface area contributed by atoms with Crippen LogP contribution in [0.5, 0.6) is 0 Å². The highest BCUT2D eigenvalue weighted by Gasteiger charge is 2.42. The van der Waals surface area contributed by atoms with Crippen molar-refractivity contribution in [3.05, 3.63) is 0 Å². The number of carbonyl (C=O) groups is 1. The fourth-order valence-corrected chi connectivity index (χ4v) is 1.50. The molecule has 1 rings (SSSR count). The summed E-state index contributed by atoms with van der Waals surface area (Å²) in [5.74, 6) is 0.632. The first-order valence-corrected chi connectivity index (χ1v) is 5.94. The van der Waals surface area contributed by atoms with Crippen LogP contribution in [0, 0.1) is 11.3 Å². The van der Waals surface area contributed by atoms with Crippen molar-refractivity contribution in [2.45, 2.75) is 46.6 Å². The second-order valence-corrected chi connectivity index (χ2v) is 5.45. The maximum Gasteiger partial charge on any atom is 0.233 e. The third-order valence-electron chi connectivity index (χ3n) is 3.36. The first kappa shape index (κ1) is 12.5. The van der Waals surface area contributed by atoms with Crippen LogP contribution in [0.4, 0.5) is 0 Å². The van der Waals surface area contributed by atoms with Crippen molar-refractivity contribution in [1.82, 2.24) is 10.6 Å². The molecule has 2 N–H and O–H groups in total. The number of rotatable bonds is 6. The van der Waals surface area contributed by atoms with Gasteiger partial charge in [-0.25, -0.2) is 0 Å². The van der Waals surface area contributed by atoms with Gasteiger partial charge in [0.2, 0.25) is 5.91 Å². The van der Waals surface area contributed by atoms with Gasteiger partial charge in [-0.15, -0.1) is 0 Å². The molecule has 15 heavy (non-hydrogen) atoms. The molecule has 0 aliphatic heterocycles. The van der Waals surface area contributed by atoms with Gasteiger partial charge in [0, 0.05) is 12.6 Å². The fourth-order valence-electron chi connectivity index (χ4n) is 1.50. The Morgan fingerprint density at radius 3 is 2.40 bits per heavy atom. The Morgan fingerprint density at radius 2 is 1.93 bits per heavy atom. The van der Waals surface area contributed by atoms with Gasteiger partial charge in [-0.2, -0.15) is 0 Å². The van der Waals surface area contributed by atoms with Gasteiger partial charge in [0.15, 0.2) is 0 Å². The Bertz CT molecular complexity index is 222. The largest absolute Gasteiger partial charge is 0.355 e. The van der Waals surface area contributed by atoms with Crippen molar-refractivity contribution in [2.24, 2.45) is 11.3 Å². The summed E-state index contributed by atoms with van der Waals surface area (Å²) in [6.45, 7) is 9.86. The molecule has 1 fully saturated rings. The van der Waals surface area contributed by atoms with Crippen LogP contribution in [0.1, 0.15) is 40.5 Å². The van der Waals surface area contributed by atoms with Crippen molar-refractivity contribution in [2.75, 3.05) is 13.1 Å². The Labute approximate surface area is 93.0 Å². The Balaban J connectivity index is 2.11. The minimum Gasteiger partial charge on any atom is -0.355 e. The summed E-state index contributed by atoms with van der Waals surface area (Å²) in [6, 6.07) is 0.447. The van der Waals surface area contributed by atoms with Crippen molar-refractivity contribution in [3.63, 3.8) is 0 Å². The number of hydrogen-bond donors (Lipinski definition) is 2. The molecule has 1 saturated carbocycles. The van der Waals surface area contributed by atoms with E-state index in [1.807, 2.05) is 0 Å². The highest BCUT2D eigenvalue weighted by molar-refractivity contribution is 5.78. The predicted molar refractivity (Wildman–Crippen MR) is 62.7 cm³/mol. The predicted octanol–water partition coefficient (Wildman–Crippen LogP) is 1.54. The molecule has 1 amide bonds. The molecule has 0 spiro atoms. The van der Waals surface area contributed by atoms with E-state index in [-0.39, 0.29) is 5.91 Å². The summed E-state index contributed by atoms with van der Waals surface area (Å²) in [4.78, 5) is 11.4. The van der Waals surface area contributed by atoms with Crippen LogP contribution in [0.3, 0.4) is 0 Å². The van der Waals surface area contributed by atoms with Crippen LogP contribution in [-0.2, 0) is 4.79 Å². The lowest BCUT2D eigenvalue weighted by atomic mass is 10.0. The standard InChI is InChI=1S/C12H24N2O/c1-9(2)7-14-11(15)8-13-10(3)12(4)5-6-12/h9-10,13H,5-8H2,1-4H3,(H,14,15). The summed E-state index contributed by atoms with van der Waals surface area (Å²) >= 11 is 0. The van der Waals surface area contributed by atoms with Gasteiger partial charge in [-0.3, -0.25) is 4.79 Å². The van der Waals surface area contributed by atoms with Gasteiger partial charge in [-0.1, -0.05) is 20.8 Å². The Hall–Kier alpha value is -0.570. The molecule has 1 atom stereocenters. The Morgan fingerprint density at radius 1 is 1.33 bits per heavy atom. The lowest BCUT2D eigenvalue weighted by molar-refractivity contribution is -0.120. The van der Waals surface area contributed by atoms with Crippen molar-refractivity contribution < 1.29 is 4.79 Å². The van der Waals surface area contributed by atoms with Crippen LogP contribution in [0.25, 0.3) is 0 Å². The number of carbonyl (C=O) groups excluding carboxylic acids is 1. The van der Waals surface area contributed by atoms with Crippen LogP contribution in [0.15, 0.2) is 0 Å². The zero-order chi connectivity index (χ0) is 11.5. The van der Waals surface area contributed by atoms with E-state index < -0.39 is 0 Å². The molecular weight excluding hydrogens is 188 g/mol. The van der Waals surface area contributed by atoms with E-state index in [9.17, 15) is 4.79 Å². The average molecular weight is 212 g/mol. The molecule has 88 valence electrons. The van der Waals surface area contributed by atoms with E-state index >= 15 is 0 Å². The van der Waals surface area contributed by atoms with Crippen LogP contribution < -0.4 is 10.6 Å². The lowest BCUT2D eigenvalue weighted by Gasteiger charge is -2.20. The zero-order valence-corrected chi connectivity index (χ0v) is 10.4. The fraction of sp³-hybridized carbons (Fsp3) is 0.917. The van der Waals surface area contributed by atoms with Gasteiger partial charge in [0.25, 0.3) is 0 Å². The van der Waals surface area contributed by atoms with E-state index in [1.54, 1.807) is 0 Å². The summed E-state index contributed by atoms with van der Waals surface area (Å²) in [5, 5.41) is 6.20. The molecule has 0 aromatic rings. The van der Waals surface area contributed by atoms with E-state index in [1.165, 1.54) is 12.8 Å². The van der Waals surface area contributed by atoms with Gasteiger partial charge >= 0.3 is 0 Å². The quantitative estimate of drug-likeness (QED) is 0.701. The molecule has 0 bridgehead atoms. The maximum atomic E-state index is 11.4. The highest BCUT2D eigenvalue weighted by atomic mass is 16.1. The molecule has 3 heteroatoms. The van der Waals surface area contributed by atoms with Crippen molar-refractivity contribution in [3.8, 4) is 0 Å². The Kier molecular flexibility index (Phi) is 4.14. The molecular formula is C12H24N2O. The van der Waals surface area contributed by atoms with E-state index in [0.717, 1.165) is 6.54 Å². The van der Waals surface area contributed by atoms with Crippen LogP contribution in [0.2, 0.25) is 0 Å². The molecule has 0 aromatic carbocycles. The number of hydrogen-bond acceptors (Lipinski definition) is 2. The van der Waals surface area contributed by atoms with Gasteiger partial charge < -0.3 is 10.6 Å². The van der Waals surface area contributed by atoms with Gasteiger partial charge in [0.1, 0.15) is 0 Å². The third-order valence-corrected chi connectivity index (χ3v) is 3.36. The van der Waals surface area contributed by atoms with Crippen LogP contribution >= 0.6 is 0 Å². The van der Waals surface area contributed by atoms with E-state index in [0.29, 0.717) is 23.9 Å². The minimum absolute atomic E-state index is 0.111. The molecule has 3 nitrogen and oxygen atoms in total. The molecule has 1 aliphatic rings. The number of nitrogens with one attached hydrogen (secondary N) is 2. The van der Waals surface area contributed by atoms with Crippen molar-refractivity contribution >= 4 is 5.91 Å². The lowest BCUT2D eigenvalue weighted by Crippen LogP contribution is -2.42. The molecule has 1 aliphatic carbocycles. The van der Waals surface area contributed by atoms with Crippen LogP contribution in [-0.4, -0.2) is 25.0 Å². The second-order valence-electron chi connectivity index (χ2n) is 5.45. The van der Waals surface area contributed by atoms with Gasteiger partial charge in [-0.05, 0) is 31.1 Å². The first-order valence-electron chi connectivity index (χ1n) is 5.94. The highest BCUT2D eigenvalue weighted by Crippen LogP contribution is 2.47. The van der Waals surface area contributed by atoms with E-state index in [4.69, 9.17) is 0 Å². The maximum absolute atomic E-state index is 11.4. The zero-order valence-electron chi connectivity index (χ0n) is 10.4. The minimum atomic E-state index is 0.111. The molecule has 0 saturated heterocycles. The van der Waals surface area contributed by atoms with Gasteiger partial charge in [0.05, 0.1) is 6.54 Å². The summed E-state index contributed by atoms with van der Waals surface area (Å²) < 4.78 is 0. The molecule has 0 heterocycles. The average Bonchev–Trinajstić information content (AvgIpc) is 2.91. The summed E-state index contributed by atoms with van der Waals surface area (Å²) in [6.07, 6.45) is 2.57. The molecule has 1 unspecified atom stereocenters. The monoisotopic (exact) mass is 212 g/mol. The topological polar surface area (TPSA) is 41.1 Å². The normalized spacial score (nSPS) is 20.1. The smallest absolute Gasteiger partial charge is 0.233 e.